The molecule has 0 aliphatic carbocycles. The normalized spacial score (nSPS) is 16.3. The molecule has 6 nitrogen and oxygen atoms in total. The number of ether oxygens (including phenoxy) is 2. The minimum atomic E-state index is -2.88. The number of nitrogens with one attached hydrogen (secondary N) is 2. The minimum absolute atomic E-state index is 0.0435. The van der Waals surface area contributed by atoms with Crippen LogP contribution in [0.15, 0.2) is 23.2 Å². The molecule has 2 N–H and O–H groups in total. The molecule has 0 unspecified atom stereocenters. The molecule has 1 saturated heterocycles. The van der Waals surface area contributed by atoms with Crippen molar-refractivity contribution in [1.82, 2.24) is 15.5 Å². The van der Waals surface area contributed by atoms with Gasteiger partial charge in [-0.15, -0.1) is 0 Å². The lowest BCUT2D eigenvalue weighted by molar-refractivity contribution is -0.0514. The Morgan fingerprint density at radius 2 is 2.00 bits per heavy atom. The number of hydrogen-bond acceptors (Lipinski definition) is 4. The summed E-state index contributed by atoms with van der Waals surface area (Å²) in [6.07, 6.45) is 3.37. The van der Waals surface area contributed by atoms with Crippen LogP contribution in [0.5, 0.6) is 11.5 Å². The summed E-state index contributed by atoms with van der Waals surface area (Å²) in [5.41, 5.74) is 0.894. The number of halogens is 2. The monoisotopic (exact) mass is 398 g/mol. The van der Waals surface area contributed by atoms with E-state index in [0.717, 1.165) is 44.0 Å². The number of aliphatic imine (C=N–C) groups is 1. The number of nitrogens with zero attached hydrogens (tertiary/aromatic N) is 2. The SMILES string of the molecule is CCCN1CCC(NC(=NC)NCc2ccc(OC(F)F)c(OCC)c2)CC1. The lowest BCUT2D eigenvalue weighted by atomic mass is 10.1. The van der Waals surface area contributed by atoms with Crippen molar-refractivity contribution in [3.8, 4) is 11.5 Å². The molecule has 0 atom stereocenters. The maximum atomic E-state index is 12.5. The molecule has 1 aliphatic rings. The summed E-state index contributed by atoms with van der Waals surface area (Å²) >= 11 is 0. The molecule has 2 rings (SSSR count). The highest BCUT2D eigenvalue weighted by Gasteiger charge is 2.19. The molecule has 0 spiro atoms. The van der Waals surface area contributed by atoms with Crippen molar-refractivity contribution in [1.29, 1.82) is 0 Å². The molecule has 158 valence electrons. The number of alkyl halides is 2. The minimum Gasteiger partial charge on any atom is -0.490 e. The molecule has 0 amide bonds. The first-order chi connectivity index (χ1) is 13.5. The van der Waals surface area contributed by atoms with Gasteiger partial charge in [0, 0.05) is 32.7 Å². The summed E-state index contributed by atoms with van der Waals surface area (Å²) in [5, 5.41) is 6.75. The number of hydrogen-bond donors (Lipinski definition) is 2. The molecule has 1 fully saturated rings. The molecule has 1 aliphatic heterocycles. The van der Waals surface area contributed by atoms with E-state index in [1.807, 2.05) is 0 Å². The first-order valence-electron chi connectivity index (χ1n) is 9.95. The van der Waals surface area contributed by atoms with Crippen LogP contribution in [0.3, 0.4) is 0 Å². The van der Waals surface area contributed by atoms with Gasteiger partial charge in [-0.05, 0) is 50.4 Å². The predicted octanol–water partition coefficient (Wildman–Crippen LogP) is 3.23. The van der Waals surface area contributed by atoms with Crippen LogP contribution < -0.4 is 20.1 Å². The van der Waals surface area contributed by atoms with Crippen molar-refractivity contribution in [2.24, 2.45) is 4.99 Å². The largest absolute Gasteiger partial charge is 0.490 e. The summed E-state index contributed by atoms with van der Waals surface area (Å²) in [5.74, 6) is 1.09. The number of rotatable bonds is 9. The zero-order valence-electron chi connectivity index (χ0n) is 17.0. The number of benzene rings is 1. The van der Waals surface area contributed by atoms with Crippen LogP contribution in [0.25, 0.3) is 0 Å². The Balaban J connectivity index is 1.88. The van der Waals surface area contributed by atoms with Gasteiger partial charge in [0.1, 0.15) is 0 Å². The Labute approximate surface area is 166 Å². The van der Waals surface area contributed by atoms with Gasteiger partial charge in [-0.25, -0.2) is 0 Å². The molecule has 1 aromatic rings. The van der Waals surface area contributed by atoms with Gasteiger partial charge in [-0.2, -0.15) is 8.78 Å². The summed E-state index contributed by atoms with van der Waals surface area (Å²) in [4.78, 5) is 6.79. The first-order valence-corrected chi connectivity index (χ1v) is 9.95. The average Bonchev–Trinajstić information content (AvgIpc) is 2.68. The molecule has 0 saturated carbocycles. The van der Waals surface area contributed by atoms with Crippen LogP contribution in [0.4, 0.5) is 8.78 Å². The summed E-state index contributed by atoms with van der Waals surface area (Å²) in [6, 6.07) is 5.36. The second-order valence-electron chi connectivity index (χ2n) is 6.78. The second kappa shape index (κ2) is 11.7. The Bertz CT molecular complexity index is 620. The molecule has 0 aromatic heterocycles. The maximum absolute atomic E-state index is 12.5. The fourth-order valence-corrected chi connectivity index (χ4v) is 3.31. The van der Waals surface area contributed by atoms with Gasteiger partial charge in [0.25, 0.3) is 0 Å². The third-order valence-electron chi connectivity index (χ3n) is 4.68. The molecular weight excluding hydrogens is 366 g/mol. The number of piperidine rings is 1. The van der Waals surface area contributed by atoms with Crippen LogP contribution >= 0.6 is 0 Å². The summed E-state index contributed by atoms with van der Waals surface area (Å²) in [7, 11) is 1.74. The molecule has 1 aromatic carbocycles. The summed E-state index contributed by atoms with van der Waals surface area (Å²) < 4.78 is 35.0. The average molecular weight is 398 g/mol. The fourth-order valence-electron chi connectivity index (χ4n) is 3.31. The Hall–Kier alpha value is -2.09. The highest BCUT2D eigenvalue weighted by atomic mass is 19.3. The van der Waals surface area contributed by atoms with E-state index in [9.17, 15) is 8.78 Å². The van der Waals surface area contributed by atoms with Crippen molar-refractivity contribution in [3.05, 3.63) is 23.8 Å². The van der Waals surface area contributed by atoms with E-state index in [1.165, 1.54) is 12.5 Å². The quantitative estimate of drug-likeness (QED) is 0.494. The van der Waals surface area contributed by atoms with E-state index in [2.05, 4.69) is 32.2 Å². The third-order valence-corrected chi connectivity index (χ3v) is 4.68. The van der Waals surface area contributed by atoms with Gasteiger partial charge in [0.15, 0.2) is 17.5 Å². The van der Waals surface area contributed by atoms with Crippen molar-refractivity contribution in [2.45, 2.75) is 52.3 Å². The van der Waals surface area contributed by atoms with Gasteiger partial charge in [0.2, 0.25) is 0 Å². The zero-order valence-corrected chi connectivity index (χ0v) is 17.0. The highest BCUT2D eigenvalue weighted by molar-refractivity contribution is 5.80. The van der Waals surface area contributed by atoms with Crippen molar-refractivity contribution in [2.75, 3.05) is 33.3 Å². The predicted molar refractivity (Wildman–Crippen MR) is 107 cm³/mol. The van der Waals surface area contributed by atoms with Gasteiger partial charge < -0.3 is 25.0 Å². The lowest BCUT2D eigenvalue weighted by Crippen LogP contribution is -2.48. The molecule has 0 bridgehead atoms. The van der Waals surface area contributed by atoms with Gasteiger partial charge in [-0.1, -0.05) is 13.0 Å². The van der Waals surface area contributed by atoms with Crippen LogP contribution in [-0.4, -0.2) is 56.8 Å². The molecular formula is C20H32F2N4O2. The van der Waals surface area contributed by atoms with Crippen molar-refractivity contribution < 1.29 is 18.3 Å². The van der Waals surface area contributed by atoms with Crippen LogP contribution in [-0.2, 0) is 6.54 Å². The second-order valence-corrected chi connectivity index (χ2v) is 6.78. The lowest BCUT2D eigenvalue weighted by Gasteiger charge is -2.32. The van der Waals surface area contributed by atoms with E-state index >= 15 is 0 Å². The highest BCUT2D eigenvalue weighted by Crippen LogP contribution is 2.29. The van der Waals surface area contributed by atoms with Crippen LogP contribution in [0.2, 0.25) is 0 Å². The topological polar surface area (TPSA) is 58.1 Å². The van der Waals surface area contributed by atoms with E-state index < -0.39 is 6.61 Å². The van der Waals surface area contributed by atoms with Crippen molar-refractivity contribution in [3.63, 3.8) is 0 Å². The number of guanidine groups is 1. The van der Waals surface area contributed by atoms with Crippen LogP contribution in [0, 0.1) is 0 Å². The maximum Gasteiger partial charge on any atom is 0.387 e. The third kappa shape index (κ3) is 7.14. The Kier molecular flexibility index (Phi) is 9.27. The molecule has 1 heterocycles. The standard InChI is InChI=1S/C20H32F2N4O2/c1-4-10-26-11-8-16(9-12-26)25-20(23-3)24-14-15-6-7-17(28-19(21)22)18(13-15)27-5-2/h6-7,13,16,19H,4-5,8-12,14H2,1-3H3,(H2,23,24,25). The smallest absolute Gasteiger partial charge is 0.387 e. The van der Waals surface area contributed by atoms with E-state index in [4.69, 9.17) is 4.74 Å². The molecule has 28 heavy (non-hydrogen) atoms. The van der Waals surface area contributed by atoms with Crippen LogP contribution in [0.1, 0.15) is 38.7 Å². The molecule has 8 heteroatoms. The van der Waals surface area contributed by atoms with Gasteiger partial charge in [0.05, 0.1) is 6.61 Å². The van der Waals surface area contributed by atoms with E-state index in [1.54, 1.807) is 26.1 Å². The Morgan fingerprint density at radius 3 is 2.61 bits per heavy atom. The number of likely N-dealkylation sites (tertiary alicyclic amines) is 1. The van der Waals surface area contributed by atoms with Crippen molar-refractivity contribution >= 4 is 5.96 Å². The molecule has 0 radical (unpaired) electrons. The van der Waals surface area contributed by atoms with Gasteiger partial charge in [-0.3, -0.25) is 4.99 Å². The van der Waals surface area contributed by atoms with E-state index in [0.29, 0.717) is 24.9 Å². The van der Waals surface area contributed by atoms with E-state index in [-0.39, 0.29) is 5.75 Å². The summed E-state index contributed by atoms with van der Waals surface area (Å²) in [6.45, 7) is 5.37. The first kappa shape index (κ1) is 22.2. The Morgan fingerprint density at radius 1 is 1.25 bits per heavy atom. The zero-order chi connectivity index (χ0) is 20.4. The van der Waals surface area contributed by atoms with Gasteiger partial charge >= 0.3 is 6.61 Å². The fraction of sp³-hybridized carbons (Fsp3) is 0.650.